The quantitative estimate of drug-likeness (QED) is 0.865. The molecule has 1 saturated heterocycles. The Kier molecular flexibility index (Phi) is 5.11. The summed E-state index contributed by atoms with van der Waals surface area (Å²) in [6.45, 7) is 2.18. The third-order valence-electron chi connectivity index (χ3n) is 4.25. The number of halogens is 1. The van der Waals surface area contributed by atoms with Crippen molar-refractivity contribution < 1.29 is 13.9 Å². The average Bonchev–Trinajstić information content (AvgIpc) is 2.60. The highest BCUT2D eigenvalue weighted by Crippen LogP contribution is 2.25. The fourth-order valence-electron chi connectivity index (χ4n) is 2.96. The zero-order valence-corrected chi connectivity index (χ0v) is 13.7. The standard InChI is InChI=1S/C19H21FN2O2/c1-21-10-11-22(18(13-21)15-6-3-2-4-7-15)19(23)14-24-17-9-5-8-16(20)12-17/h2-9,12,18H,10-11,13-14H2,1H3/t18-/m1/s1. The molecule has 0 N–H and O–H groups in total. The van der Waals surface area contributed by atoms with Gasteiger partial charge in [0.1, 0.15) is 11.6 Å². The first-order chi connectivity index (χ1) is 11.6. The highest BCUT2D eigenvalue weighted by Gasteiger charge is 2.30. The number of rotatable bonds is 4. The first-order valence-electron chi connectivity index (χ1n) is 8.05. The lowest BCUT2D eigenvalue weighted by Gasteiger charge is -2.40. The molecule has 4 nitrogen and oxygen atoms in total. The molecule has 0 aliphatic carbocycles. The molecule has 3 rings (SSSR count). The summed E-state index contributed by atoms with van der Waals surface area (Å²) >= 11 is 0. The molecule has 0 radical (unpaired) electrons. The van der Waals surface area contributed by atoms with Crippen LogP contribution in [0.3, 0.4) is 0 Å². The second-order valence-electron chi connectivity index (χ2n) is 6.02. The Balaban J connectivity index is 1.69. The molecule has 0 aromatic heterocycles. The van der Waals surface area contributed by atoms with Crippen molar-refractivity contribution in [3.8, 4) is 5.75 Å². The molecular weight excluding hydrogens is 307 g/mol. The van der Waals surface area contributed by atoms with Gasteiger partial charge in [0.2, 0.25) is 0 Å². The van der Waals surface area contributed by atoms with E-state index in [2.05, 4.69) is 11.9 Å². The molecule has 126 valence electrons. The van der Waals surface area contributed by atoms with Crippen LogP contribution in [0.5, 0.6) is 5.75 Å². The summed E-state index contributed by atoms with van der Waals surface area (Å²) in [6.07, 6.45) is 0. The second-order valence-corrected chi connectivity index (χ2v) is 6.02. The minimum Gasteiger partial charge on any atom is -0.484 e. The molecule has 5 heteroatoms. The van der Waals surface area contributed by atoms with Crippen molar-refractivity contribution in [2.75, 3.05) is 33.3 Å². The number of piperazine rings is 1. The second kappa shape index (κ2) is 7.45. The molecular formula is C19H21FN2O2. The third-order valence-corrected chi connectivity index (χ3v) is 4.25. The van der Waals surface area contributed by atoms with E-state index in [-0.39, 0.29) is 24.4 Å². The first kappa shape index (κ1) is 16.5. The topological polar surface area (TPSA) is 32.8 Å². The van der Waals surface area contributed by atoms with E-state index in [0.29, 0.717) is 12.3 Å². The van der Waals surface area contributed by atoms with Crippen molar-refractivity contribution in [1.82, 2.24) is 9.80 Å². The summed E-state index contributed by atoms with van der Waals surface area (Å²) in [7, 11) is 2.06. The van der Waals surface area contributed by atoms with Crippen LogP contribution in [-0.2, 0) is 4.79 Å². The van der Waals surface area contributed by atoms with Crippen LogP contribution < -0.4 is 4.74 Å². The van der Waals surface area contributed by atoms with E-state index in [1.165, 1.54) is 12.1 Å². The lowest BCUT2D eigenvalue weighted by Crippen LogP contribution is -2.50. The fraction of sp³-hybridized carbons (Fsp3) is 0.316. The van der Waals surface area contributed by atoms with Crippen molar-refractivity contribution in [2.45, 2.75) is 6.04 Å². The Labute approximate surface area is 141 Å². The largest absolute Gasteiger partial charge is 0.484 e. The SMILES string of the molecule is CN1CCN(C(=O)COc2cccc(F)c2)[C@@H](c2ccccc2)C1. The Bertz CT molecular complexity index is 693. The summed E-state index contributed by atoms with van der Waals surface area (Å²) in [5.74, 6) is -0.0864. The van der Waals surface area contributed by atoms with E-state index in [0.717, 1.165) is 18.7 Å². The molecule has 1 atom stereocenters. The van der Waals surface area contributed by atoms with Crippen LogP contribution in [0.2, 0.25) is 0 Å². The number of hydrogen-bond donors (Lipinski definition) is 0. The number of ether oxygens (including phenoxy) is 1. The monoisotopic (exact) mass is 328 g/mol. The number of carbonyl (C=O) groups excluding carboxylic acids is 1. The molecule has 0 spiro atoms. The van der Waals surface area contributed by atoms with E-state index < -0.39 is 0 Å². The number of nitrogens with zero attached hydrogens (tertiary/aromatic N) is 2. The van der Waals surface area contributed by atoms with Gasteiger partial charge in [-0.3, -0.25) is 4.79 Å². The van der Waals surface area contributed by atoms with E-state index in [4.69, 9.17) is 4.74 Å². The highest BCUT2D eigenvalue weighted by atomic mass is 19.1. The zero-order chi connectivity index (χ0) is 16.9. The van der Waals surface area contributed by atoms with Crippen LogP contribution in [0.1, 0.15) is 11.6 Å². The molecule has 1 heterocycles. The normalized spacial score (nSPS) is 18.4. The van der Waals surface area contributed by atoms with Crippen LogP contribution in [-0.4, -0.2) is 49.0 Å². The number of likely N-dealkylation sites (N-methyl/N-ethyl adjacent to an activating group) is 1. The van der Waals surface area contributed by atoms with Crippen LogP contribution in [0.4, 0.5) is 4.39 Å². The zero-order valence-electron chi connectivity index (χ0n) is 13.7. The van der Waals surface area contributed by atoms with Crippen LogP contribution in [0, 0.1) is 5.82 Å². The first-order valence-corrected chi connectivity index (χ1v) is 8.05. The van der Waals surface area contributed by atoms with Gasteiger partial charge in [-0.15, -0.1) is 0 Å². The summed E-state index contributed by atoms with van der Waals surface area (Å²) in [5.41, 5.74) is 1.11. The number of amides is 1. The molecule has 1 aliphatic heterocycles. The molecule has 1 aliphatic rings. The summed E-state index contributed by atoms with van der Waals surface area (Å²) in [4.78, 5) is 16.7. The van der Waals surface area contributed by atoms with Gasteiger partial charge in [0, 0.05) is 25.7 Å². The van der Waals surface area contributed by atoms with Crippen molar-refractivity contribution in [3.63, 3.8) is 0 Å². The molecule has 0 unspecified atom stereocenters. The van der Waals surface area contributed by atoms with Crippen LogP contribution in [0.15, 0.2) is 54.6 Å². The lowest BCUT2D eigenvalue weighted by molar-refractivity contribution is -0.138. The van der Waals surface area contributed by atoms with Crippen molar-refractivity contribution in [1.29, 1.82) is 0 Å². The van der Waals surface area contributed by atoms with E-state index >= 15 is 0 Å². The van der Waals surface area contributed by atoms with Crippen molar-refractivity contribution in [2.24, 2.45) is 0 Å². The van der Waals surface area contributed by atoms with E-state index in [9.17, 15) is 9.18 Å². The predicted octanol–water partition coefficient (Wildman–Crippen LogP) is 2.72. The molecule has 2 aromatic carbocycles. The van der Waals surface area contributed by atoms with Gasteiger partial charge in [-0.1, -0.05) is 36.4 Å². The van der Waals surface area contributed by atoms with Gasteiger partial charge in [-0.2, -0.15) is 0 Å². The average molecular weight is 328 g/mol. The lowest BCUT2D eigenvalue weighted by atomic mass is 10.0. The smallest absolute Gasteiger partial charge is 0.261 e. The maximum atomic E-state index is 13.2. The predicted molar refractivity (Wildman–Crippen MR) is 90.3 cm³/mol. The van der Waals surface area contributed by atoms with Gasteiger partial charge in [-0.05, 0) is 24.7 Å². The molecule has 1 fully saturated rings. The van der Waals surface area contributed by atoms with Gasteiger partial charge in [0.15, 0.2) is 6.61 Å². The number of benzene rings is 2. The maximum absolute atomic E-state index is 13.2. The summed E-state index contributed by atoms with van der Waals surface area (Å²) in [5, 5.41) is 0. The van der Waals surface area contributed by atoms with Gasteiger partial charge in [-0.25, -0.2) is 4.39 Å². The van der Waals surface area contributed by atoms with Crippen molar-refractivity contribution >= 4 is 5.91 Å². The van der Waals surface area contributed by atoms with Gasteiger partial charge < -0.3 is 14.5 Å². The third kappa shape index (κ3) is 3.92. The molecule has 2 aromatic rings. The minimum atomic E-state index is -0.373. The summed E-state index contributed by atoms with van der Waals surface area (Å²) < 4.78 is 18.7. The van der Waals surface area contributed by atoms with Gasteiger partial charge in [0.05, 0.1) is 6.04 Å². The number of carbonyl (C=O) groups is 1. The minimum absolute atomic E-state index is 0.00793. The Morgan fingerprint density at radius 3 is 2.71 bits per heavy atom. The van der Waals surface area contributed by atoms with Crippen LogP contribution in [0.25, 0.3) is 0 Å². The van der Waals surface area contributed by atoms with Gasteiger partial charge in [0.25, 0.3) is 5.91 Å². The van der Waals surface area contributed by atoms with Crippen LogP contribution >= 0.6 is 0 Å². The van der Waals surface area contributed by atoms with Gasteiger partial charge >= 0.3 is 0 Å². The molecule has 24 heavy (non-hydrogen) atoms. The Morgan fingerprint density at radius 1 is 1.17 bits per heavy atom. The number of hydrogen-bond acceptors (Lipinski definition) is 3. The molecule has 0 bridgehead atoms. The Hall–Kier alpha value is -2.40. The summed E-state index contributed by atoms with van der Waals surface area (Å²) in [6, 6.07) is 15.9. The molecule has 0 saturated carbocycles. The van der Waals surface area contributed by atoms with E-state index in [1.54, 1.807) is 12.1 Å². The van der Waals surface area contributed by atoms with E-state index in [1.807, 2.05) is 35.2 Å². The van der Waals surface area contributed by atoms with Crippen molar-refractivity contribution in [3.05, 3.63) is 66.0 Å². The molecule has 1 amide bonds. The fourth-order valence-corrected chi connectivity index (χ4v) is 2.96. The Morgan fingerprint density at radius 2 is 1.96 bits per heavy atom. The highest BCUT2D eigenvalue weighted by molar-refractivity contribution is 5.78. The maximum Gasteiger partial charge on any atom is 0.261 e.